The third-order valence-electron chi connectivity index (χ3n) is 12.1. The fraction of sp³-hybridized carbons (Fsp3) is 0.432. The number of amides is 1. The SMILES string of the molecule is COCNc1cc(Cl)ccc1C1[C@@H](c2cc(Cl)cc(Cl)c2)[C@H](C(=O)N[C@@H]2CC[C@@H](CO)OC2)N([C@H](c2ccccc2)[C@@H](O)c2ccccc2)C12CC(CF)(CF)C2. The molecule has 8 nitrogen and oxygen atoms in total. The third kappa shape index (κ3) is 8.30. The normalized spacial score (nSPS) is 25.1. The van der Waals surface area contributed by atoms with Crippen LogP contribution in [0.2, 0.25) is 15.1 Å². The second-order valence-electron chi connectivity index (χ2n) is 15.8. The summed E-state index contributed by atoms with van der Waals surface area (Å²) in [5, 5.41) is 30.3. The number of anilines is 1. The van der Waals surface area contributed by atoms with Gasteiger partial charge in [0, 0.05) is 50.7 Å². The number of nitrogens with zero attached hydrogens (tertiary/aromatic N) is 1. The number of aliphatic hydroxyl groups excluding tert-OH is 2. The van der Waals surface area contributed by atoms with Crippen LogP contribution in [0, 0.1) is 5.41 Å². The lowest BCUT2D eigenvalue weighted by atomic mass is 9.51. The van der Waals surface area contributed by atoms with Crippen molar-refractivity contribution in [3.05, 3.63) is 134 Å². The average molecular weight is 843 g/mol. The van der Waals surface area contributed by atoms with Crippen molar-refractivity contribution >= 4 is 46.4 Å². The lowest BCUT2D eigenvalue weighted by molar-refractivity contribution is -0.152. The summed E-state index contributed by atoms with van der Waals surface area (Å²) in [4.78, 5) is 17.6. The molecule has 3 fully saturated rings. The Hall–Kier alpha value is -3.32. The number of ether oxygens (including phenoxy) is 2. The van der Waals surface area contributed by atoms with Crippen molar-refractivity contribution < 1.29 is 33.3 Å². The van der Waals surface area contributed by atoms with Crippen LogP contribution in [0.25, 0.3) is 0 Å². The fourth-order valence-electron chi connectivity index (χ4n) is 9.80. The van der Waals surface area contributed by atoms with E-state index in [-0.39, 0.29) is 50.8 Å². The van der Waals surface area contributed by atoms with E-state index in [1.807, 2.05) is 66.7 Å². The highest BCUT2D eigenvalue weighted by Crippen LogP contribution is 2.70. The van der Waals surface area contributed by atoms with E-state index in [1.165, 1.54) is 0 Å². The summed E-state index contributed by atoms with van der Waals surface area (Å²) in [7, 11) is 1.56. The van der Waals surface area contributed by atoms with E-state index >= 15 is 13.6 Å². The molecule has 304 valence electrons. The minimum atomic E-state index is -1.33. The molecule has 1 aliphatic carbocycles. The molecular weight excluding hydrogens is 795 g/mol. The molecule has 4 N–H and O–H groups in total. The van der Waals surface area contributed by atoms with E-state index in [4.69, 9.17) is 44.3 Å². The Morgan fingerprint density at radius 2 is 1.56 bits per heavy atom. The minimum absolute atomic E-state index is 0.0359. The van der Waals surface area contributed by atoms with E-state index in [2.05, 4.69) is 15.5 Å². The topological polar surface area (TPSA) is 103 Å². The van der Waals surface area contributed by atoms with Crippen LogP contribution in [0.15, 0.2) is 97.1 Å². The van der Waals surface area contributed by atoms with Gasteiger partial charge in [0.2, 0.25) is 5.91 Å². The van der Waals surface area contributed by atoms with Crippen LogP contribution in [0.3, 0.4) is 0 Å². The predicted octanol–water partition coefficient (Wildman–Crippen LogP) is 8.80. The summed E-state index contributed by atoms with van der Waals surface area (Å²) in [5.74, 6) is -1.72. The van der Waals surface area contributed by atoms with Gasteiger partial charge < -0.3 is 30.3 Å². The zero-order valence-corrected chi connectivity index (χ0v) is 33.9. The van der Waals surface area contributed by atoms with Gasteiger partial charge in [-0.3, -0.25) is 18.5 Å². The maximum absolute atomic E-state index is 15.5. The molecule has 1 spiro atoms. The second kappa shape index (κ2) is 17.9. The Morgan fingerprint density at radius 3 is 2.14 bits per heavy atom. The van der Waals surface area contributed by atoms with Gasteiger partial charge in [0.15, 0.2) is 0 Å². The molecule has 4 aromatic carbocycles. The first kappa shape index (κ1) is 41.8. The van der Waals surface area contributed by atoms with E-state index in [0.29, 0.717) is 50.3 Å². The van der Waals surface area contributed by atoms with Crippen LogP contribution in [-0.2, 0) is 14.3 Å². The number of methoxy groups -OCH3 is 1. The second-order valence-corrected chi connectivity index (χ2v) is 17.1. The van der Waals surface area contributed by atoms with Gasteiger partial charge in [0.05, 0.1) is 56.9 Å². The smallest absolute Gasteiger partial charge is 0.238 e. The Bertz CT molecular complexity index is 1960. The van der Waals surface area contributed by atoms with Crippen molar-refractivity contribution in [3.63, 3.8) is 0 Å². The highest BCUT2D eigenvalue weighted by Gasteiger charge is 2.72. The molecule has 0 bridgehead atoms. The molecule has 2 heterocycles. The van der Waals surface area contributed by atoms with Gasteiger partial charge in [-0.2, -0.15) is 0 Å². The van der Waals surface area contributed by atoms with Gasteiger partial charge in [0.25, 0.3) is 0 Å². The van der Waals surface area contributed by atoms with Crippen LogP contribution >= 0.6 is 34.8 Å². The molecule has 3 aliphatic rings. The van der Waals surface area contributed by atoms with E-state index in [1.54, 1.807) is 37.4 Å². The fourth-order valence-corrected chi connectivity index (χ4v) is 10.5. The van der Waals surface area contributed by atoms with Crippen molar-refractivity contribution in [2.24, 2.45) is 5.41 Å². The molecule has 13 heteroatoms. The lowest BCUT2D eigenvalue weighted by Crippen LogP contribution is -2.66. The summed E-state index contributed by atoms with van der Waals surface area (Å²) in [6.45, 7) is -1.62. The zero-order valence-electron chi connectivity index (χ0n) is 31.6. The Morgan fingerprint density at radius 1 is 0.912 bits per heavy atom. The number of rotatable bonds is 14. The van der Waals surface area contributed by atoms with Crippen LogP contribution in [0.1, 0.15) is 71.9 Å². The molecule has 7 atom stereocenters. The monoisotopic (exact) mass is 841 g/mol. The number of halogens is 5. The largest absolute Gasteiger partial charge is 0.394 e. The Balaban J connectivity index is 1.53. The predicted molar refractivity (Wildman–Crippen MR) is 219 cm³/mol. The number of hydrogen-bond acceptors (Lipinski definition) is 7. The zero-order chi connectivity index (χ0) is 40.3. The van der Waals surface area contributed by atoms with Gasteiger partial charge in [-0.25, -0.2) is 0 Å². The first-order chi connectivity index (χ1) is 27.6. The van der Waals surface area contributed by atoms with E-state index < -0.39 is 54.3 Å². The maximum Gasteiger partial charge on any atom is 0.238 e. The molecule has 57 heavy (non-hydrogen) atoms. The quantitative estimate of drug-likeness (QED) is 0.0942. The summed E-state index contributed by atoms with van der Waals surface area (Å²) >= 11 is 20.2. The summed E-state index contributed by atoms with van der Waals surface area (Å²) in [6.07, 6.45) is -0.332. The molecule has 2 aliphatic heterocycles. The van der Waals surface area contributed by atoms with Gasteiger partial charge >= 0.3 is 0 Å². The van der Waals surface area contributed by atoms with Crippen molar-refractivity contribution in [2.75, 3.05) is 45.7 Å². The number of carbonyl (C=O) groups excluding carboxylic acids is 1. The average Bonchev–Trinajstić information content (AvgIpc) is 3.51. The molecule has 7 rings (SSSR count). The lowest BCUT2D eigenvalue weighted by Gasteiger charge is -2.61. The van der Waals surface area contributed by atoms with Crippen LogP contribution in [0.4, 0.5) is 14.5 Å². The van der Waals surface area contributed by atoms with Crippen LogP contribution in [-0.4, -0.2) is 85.2 Å². The number of carbonyl (C=O) groups is 1. The number of benzene rings is 4. The Labute approximate surface area is 347 Å². The van der Waals surface area contributed by atoms with Crippen molar-refractivity contribution in [2.45, 2.75) is 73.4 Å². The number of aliphatic hydroxyl groups is 2. The minimum Gasteiger partial charge on any atom is -0.394 e. The Kier molecular flexibility index (Phi) is 13.1. The van der Waals surface area contributed by atoms with Gasteiger partial charge in [0.1, 0.15) is 6.73 Å². The van der Waals surface area contributed by atoms with E-state index in [9.17, 15) is 10.2 Å². The molecule has 1 saturated carbocycles. The molecule has 0 radical (unpaired) electrons. The number of likely N-dealkylation sites (tertiary alicyclic amines) is 1. The summed E-state index contributed by atoms with van der Waals surface area (Å²) < 4.78 is 41.9. The van der Waals surface area contributed by atoms with Gasteiger partial charge in [-0.05, 0) is 78.3 Å². The first-order valence-corrected chi connectivity index (χ1v) is 20.4. The number of hydrogen-bond donors (Lipinski definition) is 4. The van der Waals surface area contributed by atoms with E-state index in [0.717, 1.165) is 5.56 Å². The molecule has 1 unspecified atom stereocenters. The standard InChI is InChI=1S/C44H48Cl3F2N3O5/c1-56-26-50-36-19-30(45)12-15-35(36)38-37(29-16-31(46)18-32(47)17-29)40(42(55)51-33-13-14-34(20-53)57-21-33)52(44(38)22-43(23-44,24-48)25-49)39(27-8-4-2-5-9-27)41(54)28-10-6-3-7-11-28/h2-12,15-19,33-34,37-41,50,53-54H,13-14,20-26H2,1H3,(H,51,55)/t33-,34+,37-,38?,39-,40-,41+/m1/s1. The van der Waals surface area contributed by atoms with Crippen LogP contribution < -0.4 is 10.6 Å². The molecule has 4 aromatic rings. The molecule has 1 amide bonds. The highest BCUT2D eigenvalue weighted by atomic mass is 35.5. The maximum atomic E-state index is 15.5. The number of alkyl halides is 2. The third-order valence-corrected chi connectivity index (χ3v) is 12.8. The van der Waals surface area contributed by atoms with Crippen molar-refractivity contribution in [1.29, 1.82) is 0 Å². The highest BCUT2D eigenvalue weighted by molar-refractivity contribution is 6.34. The van der Waals surface area contributed by atoms with Crippen molar-refractivity contribution in [1.82, 2.24) is 10.2 Å². The molecule has 0 aromatic heterocycles. The first-order valence-electron chi connectivity index (χ1n) is 19.3. The molecular formula is C44H48Cl3F2N3O5. The van der Waals surface area contributed by atoms with Crippen molar-refractivity contribution in [3.8, 4) is 0 Å². The number of nitrogens with one attached hydrogen (secondary N) is 2. The molecule has 2 saturated heterocycles. The van der Waals surface area contributed by atoms with Gasteiger partial charge in [-0.1, -0.05) is 102 Å². The summed E-state index contributed by atoms with van der Waals surface area (Å²) in [6, 6.07) is 27.0. The summed E-state index contributed by atoms with van der Waals surface area (Å²) in [5.41, 5.74) is 0.884. The van der Waals surface area contributed by atoms with Gasteiger partial charge in [-0.15, -0.1) is 0 Å². The van der Waals surface area contributed by atoms with Crippen LogP contribution in [0.5, 0.6) is 0 Å².